The van der Waals surface area contributed by atoms with E-state index in [9.17, 15) is 4.79 Å². The molecule has 1 amide bonds. The number of amides is 1. The average molecular weight is 674 g/mol. The van der Waals surface area contributed by atoms with E-state index in [0.29, 0.717) is 5.17 Å². The fourth-order valence-electron chi connectivity index (χ4n) is 7.23. The molecule has 6 rings (SSSR count). The van der Waals surface area contributed by atoms with Crippen LogP contribution in [0.25, 0.3) is 21.8 Å². The van der Waals surface area contributed by atoms with E-state index in [2.05, 4.69) is 140 Å². The molecule has 1 aliphatic heterocycles. The molecule has 6 nitrogen and oxygen atoms in total. The van der Waals surface area contributed by atoms with Gasteiger partial charge in [-0.2, -0.15) is 0 Å². The molecule has 0 saturated carbocycles. The summed E-state index contributed by atoms with van der Waals surface area (Å²) >= 11 is 1.64. The Labute approximate surface area is 296 Å². The van der Waals surface area contributed by atoms with Crippen LogP contribution in [-0.2, 0) is 16.1 Å². The summed E-state index contributed by atoms with van der Waals surface area (Å²) in [4.78, 5) is 23.4. The van der Waals surface area contributed by atoms with E-state index in [4.69, 9.17) is 4.99 Å². The molecule has 1 atom stereocenters. The van der Waals surface area contributed by atoms with Gasteiger partial charge in [0.25, 0.3) is 0 Å². The highest BCUT2D eigenvalue weighted by Gasteiger charge is 2.44. The molecule has 0 radical (unpaired) electrons. The zero-order valence-corrected chi connectivity index (χ0v) is 31.5. The van der Waals surface area contributed by atoms with E-state index in [1.165, 1.54) is 33.1 Å². The number of aryl methyl sites for hydroxylation is 2. The first-order valence-corrected chi connectivity index (χ1v) is 18.7. The number of aromatic nitrogens is 1. The lowest BCUT2D eigenvalue weighted by atomic mass is 9.82. The third-order valence-corrected chi connectivity index (χ3v) is 11.4. The molecule has 0 spiro atoms. The van der Waals surface area contributed by atoms with E-state index in [1.54, 1.807) is 11.8 Å². The van der Waals surface area contributed by atoms with Crippen LogP contribution in [0.15, 0.2) is 83.9 Å². The molecule has 5 aromatic rings. The van der Waals surface area contributed by atoms with Gasteiger partial charge in [0.15, 0.2) is 5.17 Å². The zero-order valence-electron chi connectivity index (χ0n) is 30.6. The maximum atomic E-state index is 13.5. The molecule has 1 aliphatic rings. The second-order valence-corrected chi connectivity index (χ2v) is 15.2. The van der Waals surface area contributed by atoms with Crippen molar-refractivity contribution in [2.24, 2.45) is 10.4 Å². The van der Waals surface area contributed by atoms with Gasteiger partial charge in [0.05, 0.1) is 5.69 Å². The number of aliphatic imine (C=N–C) groups is 1. The maximum absolute atomic E-state index is 13.5. The Hall–Kier alpha value is -4.23. The first-order valence-electron chi connectivity index (χ1n) is 17.9. The molecular weight excluding hydrogens is 623 g/mol. The summed E-state index contributed by atoms with van der Waals surface area (Å²) in [5.74, 6) is -0.0511. The molecule has 1 aromatic heterocycles. The molecule has 256 valence electrons. The van der Waals surface area contributed by atoms with Gasteiger partial charge in [-0.05, 0) is 101 Å². The van der Waals surface area contributed by atoms with Crippen LogP contribution in [0.3, 0.4) is 0 Å². The first kappa shape index (κ1) is 34.6. The summed E-state index contributed by atoms with van der Waals surface area (Å²) in [6.07, 6.45) is 0. The van der Waals surface area contributed by atoms with Gasteiger partial charge >= 0.3 is 0 Å². The number of amidine groups is 1. The van der Waals surface area contributed by atoms with Crippen LogP contribution in [0.5, 0.6) is 0 Å². The fourth-order valence-corrected chi connectivity index (χ4v) is 8.59. The monoisotopic (exact) mass is 673 g/mol. The van der Waals surface area contributed by atoms with Gasteiger partial charge in [0.2, 0.25) is 5.91 Å². The number of carbonyl (C=O) groups is 1. The Morgan fingerprint density at radius 2 is 1.33 bits per heavy atom. The van der Waals surface area contributed by atoms with Crippen LogP contribution in [-0.4, -0.2) is 41.8 Å². The molecular formula is C42H51N5OS. The summed E-state index contributed by atoms with van der Waals surface area (Å²) in [6, 6.07) is 29.5. The zero-order chi connectivity index (χ0) is 35.1. The second kappa shape index (κ2) is 13.6. The molecule has 1 N–H and O–H groups in total. The van der Waals surface area contributed by atoms with Gasteiger partial charge < -0.3 is 19.7 Å². The molecule has 49 heavy (non-hydrogen) atoms. The molecule has 2 heterocycles. The van der Waals surface area contributed by atoms with Crippen LogP contribution in [0, 0.1) is 12.3 Å². The molecule has 4 aromatic carbocycles. The van der Waals surface area contributed by atoms with Crippen molar-refractivity contribution in [1.82, 2.24) is 9.88 Å². The van der Waals surface area contributed by atoms with Gasteiger partial charge in [-0.1, -0.05) is 68.4 Å². The van der Waals surface area contributed by atoms with Gasteiger partial charge in [0, 0.05) is 76.9 Å². The molecule has 0 fully saturated rings. The van der Waals surface area contributed by atoms with Gasteiger partial charge in [-0.15, -0.1) is 0 Å². The highest BCUT2D eigenvalue weighted by Crippen LogP contribution is 2.56. The number of thioether (sulfide) groups is 1. The molecule has 0 saturated heterocycles. The van der Waals surface area contributed by atoms with Gasteiger partial charge in [-0.3, -0.25) is 4.79 Å². The number of rotatable bonds is 9. The first-order chi connectivity index (χ1) is 23.5. The van der Waals surface area contributed by atoms with Crippen molar-refractivity contribution >= 4 is 61.7 Å². The van der Waals surface area contributed by atoms with Gasteiger partial charge in [0.1, 0.15) is 4.75 Å². The Morgan fingerprint density at radius 1 is 0.755 bits per heavy atom. The number of anilines is 2. The number of benzene rings is 4. The normalized spacial score (nSPS) is 16.1. The van der Waals surface area contributed by atoms with Crippen molar-refractivity contribution in [3.63, 3.8) is 0 Å². The smallest absolute Gasteiger partial charge is 0.231 e. The predicted octanol–water partition coefficient (Wildman–Crippen LogP) is 10.0. The van der Waals surface area contributed by atoms with Crippen molar-refractivity contribution in [3.05, 3.63) is 101 Å². The van der Waals surface area contributed by atoms with E-state index < -0.39 is 10.2 Å². The number of nitrogens with zero attached hydrogens (tertiary/aromatic N) is 4. The van der Waals surface area contributed by atoms with Crippen LogP contribution in [0.1, 0.15) is 77.6 Å². The molecule has 7 heteroatoms. The van der Waals surface area contributed by atoms with E-state index in [-0.39, 0.29) is 5.91 Å². The van der Waals surface area contributed by atoms with Crippen LogP contribution in [0.4, 0.5) is 17.1 Å². The summed E-state index contributed by atoms with van der Waals surface area (Å²) in [5.41, 5.74) is 9.79. The number of carbonyl (C=O) groups excluding carboxylic acids is 1. The quantitative estimate of drug-likeness (QED) is 0.169. The van der Waals surface area contributed by atoms with Crippen LogP contribution < -0.4 is 15.1 Å². The van der Waals surface area contributed by atoms with Crippen molar-refractivity contribution < 1.29 is 4.79 Å². The standard InChI is InChI=1S/C42H51N5OS/c1-10-45(11-2)31-19-16-29(17-20-31)42(30-18-24-38-34(26-30)33-25-28(6)15-23-37(33)47(38)14-5)35-22-21-32(46(12-3)13-4)27-36(35)43-40(49-42)44-39(48)41(7,8)9/h15-27H,10-14H2,1-9H3,(H,43,44,48). The lowest BCUT2D eigenvalue weighted by Crippen LogP contribution is -2.41. The minimum Gasteiger partial charge on any atom is -0.372 e. The fraction of sp³-hybridized carbons (Fsp3) is 0.381. The Morgan fingerprint density at radius 3 is 1.94 bits per heavy atom. The summed E-state index contributed by atoms with van der Waals surface area (Å²) in [6.45, 7) is 23.6. The predicted molar refractivity (Wildman–Crippen MR) is 212 cm³/mol. The highest BCUT2D eigenvalue weighted by molar-refractivity contribution is 8.15. The summed E-state index contributed by atoms with van der Waals surface area (Å²) in [5, 5.41) is 6.37. The van der Waals surface area contributed by atoms with Crippen molar-refractivity contribution in [2.45, 2.75) is 73.6 Å². The van der Waals surface area contributed by atoms with Gasteiger partial charge in [-0.25, -0.2) is 4.99 Å². The number of fused-ring (bicyclic) bond motifs is 4. The SMILES string of the molecule is CCN(CC)c1ccc(C2(c3ccc4c(c3)c3cc(C)ccc3n4CC)SC(NC(=O)C(C)(C)C)=Nc3cc(N(CC)CC)ccc32)cc1. The number of hydrogen-bond donors (Lipinski definition) is 1. The molecule has 1 unspecified atom stereocenters. The third kappa shape index (κ3) is 6.11. The topological polar surface area (TPSA) is 52.9 Å². The Kier molecular flexibility index (Phi) is 9.60. The lowest BCUT2D eigenvalue weighted by molar-refractivity contribution is -0.126. The second-order valence-electron chi connectivity index (χ2n) is 14.0. The van der Waals surface area contributed by atoms with Crippen LogP contribution >= 0.6 is 11.8 Å². The lowest BCUT2D eigenvalue weighted by Gasteiger charge is -2.39. The largest absolute Gasteiger partial charge is 0.372 e. The van der Waals surface area contributed by atoms with Crippen molar-refractivity contribution in [1.29, 1.82) is 0 Å². The minimum absolute atomic E-state index is 0.0511. The van der Waals surface area contributed by atoms with Crippen LogP contribution in [0.2, 0.25) is 0 Å². The molecule has 0 aliphatic carbocycles. The summed E-state index contributed by atoms with van der Waals surface area (Å²) in [7, 11) is 0. The van der Waals surface area contributed by atoms with Crippen molar-refractivity contribution in [3.8, 4) is 0 Å². The number of hydrogen-bond acceptors (Lipinski definition) is 5. The Balaban J connectivity index is 1.67. The molecule has 0 bridgehead atoms. The number of nitrogens with one attached hydrogen (secondary N) is 1. The van der Waals surface area contributed by atoms with E-state index in [0.717, 1.165) is 60.8 Å². The average Bonchev–Trinajstić information content (AvgIpc) is 3.40. The van der Waals surface area contributed by atoms with E-state index in [1.807, 2.05) is 20.8 Å². The maximum Gasteiger partial charge on any atom is 0.231 e. The van der Waals surface area contributed by atoms with E-state index >= 15 is 0 Å². The highest BCUT2D eigenvalue weighted by atomic mass is 32.2. The minimum atomic E-state index is -0.681. The third-order valence-electron chi connectivity index (χ3n) is 10.0. The van der Waals surface area contributed by atoms with Crippen molar-refractivity contribution in [2.75, 3.05) is 36.0 Å². The Bertz CT molecular complexity index is 2030. The summed E-state index contributed by atoms with van der Waals surface area (Å²) < 4.78 is 1.73.